The largest absolute Gasteiger partial charge is 0.424 e. The molecule has 0 amide bonds. The summed E-state index contributed by atoms with van der Waals surface area (Å²) in [6.45, 7) is 2.41. The van der Waals surface area contributed by atoms with E-state index in [1.54, 1.807) is 0 Å². The molecule has 0 unspecified atom stereocenters. The highest BCUT2D eigenvalue weighted by Gasteiger charge is 2.30. The summed E-state index contributed by atoms with van der Waals surface area (Å²) >= 11 is 5.71. The molecule has 0 fully saturated rings. The lowest BCUT2D eigenvalue weighted by atomic mass is 10.2. The molecule has 112 valence electrons. The van der Waals surface area contributed by atoms with Crippen molar-refractivity contribution < 1.29 is 17.9 Å². The van der Waals surface area contributed by atoms with Gasteiger partial charge in [-0.15, -0.1) is 0 Å². The highest BCUT2D eigenvalue weighted by Crippen LogP contribution is 2.31. The minimum Gasteiger partial charge on any atom is -0.424 e. The van der Waals surface area contributed by atoms with E-state index in [1.165, 1.54) is 12.1 Å². The zero-order valence-corrected chi connectivity index (χ0v) is 11.5. The van der Waals surface area contributed by atoms with Crippen molar-refractivity contribution in [2.24, 2.45) is 0 Å². The molecule has 0 bridgehead atoms. The molecule has 0 aliphatic rings. The van der Waals surface area contributed by atoms with Gasteiger partial charge in [0.05, 0.1) is 5.56 Å². The third-order valence-electron chi connectivity index (χ3n) is 2.31. The molecule has 2 rings (SSSR count). The van der Waals surface area contributed by atoms with E-state index in [1.807, 2.05) is 6.92 Å². The van der Waals surface area contributed by atoms with E-state index in [9.17, 15) is 13.2 Å². The maximum absolute atomic E-state index is 12.4. The van der Waals surface area contributed by atoms with Crippen LogP contribution in [0.3, 0.4) is 0 Å². The molecule has 1 N–H and O–H groups in total. The molecule has 21 heavy (non-hydrogen) atoms. The second kappa shape index (κ2) is 6.13. The van der Waals surface area contributed by atoms with E-state index < -0.39 is 11.7 Å². The second-order valence-corrected chi connectivity index (χ2v) is 4.20. The summed E-state index contributed by atoms with van der Waals surface area (Å²) in [6, 6.07) is 4.05. The van der Waals surface area contributed by atoms with Crippen LogP contribution in [0.15, 0.2) is 24.3 Å². The van der Waals surface area contributed by atoms with Gasteiger partial charge in [0.1, 0.15) is 5.75 Å². The Bertz CT molecular complexity index is 619. The number of benzene rings is 1. The molecular weight excluding hydrogens is 309 g/mol. The summed E-state index contributed by atoms with van der Waals surface area (Å²) < 4.78 is 42.6. The standard InChI is InChI=1S/C12H10ClF3N4O/c1-2-17-10-18-9(13)19-11(20-10)21-8-5-3-7(4-6-8)12(14,15)16/h3-6H,2H2,1H3,(H,17,18,19,20). The van der Waals surface area contributed by atoms with Gasteiger partial charge >= 0.3 is 12.2 Å². The molecule has 0 radical (unpaired) electrons. The third-order valence-corrected chi connectivity index (χ3v) is 2.48. The Balaban J connectivity index is 2.18. The number of anilines is 1. The van der Waals surface area contributed by atoms with Crippen molar-refractivity contribution in [2.75, 3.05) is 11.9 Å². The van der Waals surface area contributed by atoms with Gasteiger partial charge in [0, 0.05) is 6.54 Å². The topological polar surface area (TPSA) is 59.9 Å². The summed E-state index contributed by atoms with van der Waals surface area (Å²) in [5.41, 5.74) is -0.767. The van der Waals surface area contributed by atoms with Crippen molar-refractivity contribution in [3.05, 3.63) is 35.1 Å². The maximum atomic E-state index is 12.4. The van der Waals surface area contributed by atoms with Gasteiger partial charge in [0.25, 0.3) is 0 Å². The number of aromatic nitrogens is 3. The molecular formula is C12H10ClF3N4O. The van der Waals surface area contributed by atoms with Gasteiger partial charge in [-0.3, -0.25) is 0 Å². The number of halogens is 4. The normalized spacial score (nSPS) is 11.3. The maximum Gasteiger partial charge on any atom is 0.416 e. The summed E-state index contributed by atoms with van der Waals surface area (Å²) in [6.07, 6.45) is -4.40. The smallest absolute Gasteiger partial charge is 0.416 e. The summed E-state index contributed by atoms with van der Waals surface area (Å²) in [5.74, 6) is 0.382. The molecule has 0 atom stereocenters. The zero-order valence-electron chi connectivity index (χ0n) is 10.8. The van der Waals surface area contributed by atoms with Crippen LogP contribution >= 0.6 is 11.6 Å². The Morgan fingerprint density at radius 2 is 1.81 bits per heavy atom. The number of alkyl halides is 3. The summed E-state index contributed by atoms with van der Waals surface area (Å²) in [7, 11) is 0. The minimum atomic E-state index is -4.40. The number of nitrogens with zero attached hydrogens (tertiary/aromatic N) is 3. The summed E-state index contributed by atoms with van der Waals surface area (Å²) in [4.78, 5) is 11.5. The van der Waals surface area contributed by atoms with Gasteiger partial charge in [0.2, 0.25) is 11.2 Å². The van der Waals surface area contributed by atoms with Crippen LogP contribution in [0.25, 0.3) is 0 Å². The fourth-order valence-electron chi connectivity index (χ4n) is 1.43. The SMILES string of the molecule is CCNc1nc(Cl)nc(Oc2ccc(C(F)(F)F)cc2)n1. The van der Waals surface area contributed by atoms with E-state index in [4.69, 9.17) is 16.3 Å². The van der Waals surface area contributed by atoms with Gasteiger partial charge in [-0.2, -0.15) is 28.1 Å². The van der Waals surface area contributed by atoms with Gasteiger partial charge in [0.15, 0.2) is 0 Å². The Morgan fingerprint density at radius 3 is 2.38 bits per heavy atom. The fraction of sp³-hybridized carbons (Fsp3) is 0.250. The molecule has 0 aliphatic heterocycles. The molecule has 0 spiro atoms. The molecule has 2 aromatic rings. The van der Waals surface area contributed by atoms with E-state index in [2.05, 4.69) is 20.3 Å². The monoisotopic (exact) mass is 318 g/mol. The first-order valence-electron chi connectivity index (χ1n) is 5.89. The third kappa shape index (κ3) is 4.19. The number of ether oxygens (including phenoxy) is 1. The van der Waals surface area contributed by atoms with Crippen LogP contribution in [0.4, 0.5) is 19.1 Å². The summed E-state index contributed by atoms with van der Waals surface area (Å²) in [5, 5.41) is 2.75. The average Bonchev–Trinajstić information content (AvgIpc) is 2.38. The van der Waals surface area contributed by atoms with Gasteiger partial charge in [-0.1, -0.05) is 0 Å². The van der Waals surface area contributed by atoms with E-state index >= 15 is 0 Å². The second-order valence-electron chi connectivity index (χ2n) is 3.87. The number of hydrogen-bond donors (Lipinski definition) is 1. The van der Waals surface area contributed by atoms with Crippen molar-refractivity contribution in [2.45, 2.75) is 13.1 Å². The highest BCUT2D eigenvalue weighted by molar-refractivity contribution is 6.28. The Morgan fingerprint density at radius 1 is 1.14 bits per heavy atom. The number of rotatable bonds is 4. The van der Waals surface area contributed by atoms with Crippen molar-refractivity contribution in [3.63, 3.8) is 0 Å². The number of hydrogen-bond acceptors (Lipinski definition) is 5. The molecule has 9 heteroatoms. The lowest BCUT2D eigenvalue weighted by Crippen LogP contribution is -2.05. The molecule has 5 nitrogen and oxygen atoms in total. The van der Waals surface area contributed by atoms with Crippen LogP contribution in [0.5, 0.6) is 11.8 Å². The Kier molecular flexibility index (Phi) is 4.46. The lowest BCUT2D eigenvalue weighted by Gasteiger charge is -2.08. The minimum absolute atomic E-state index is 0.0807. The van der Waals surface area contributed by atoms with Crippen molar-refractivity contribution in [1.29, 1.82) is 0 Å². The van der Waals surface area contributed by atoms with Gasteiger partial charge in [-0.25, -0.2) is 0 Å². The molecule has 1 aromatic carbocycles. The highest BCUT2D eigenvalue weighted by atomic mass is 35.5. The predicted molar refractivity (Wildman–Crippen MR) is 70.5 cm³/mol. The van der Waals surface area contributed by atoms with E-state index in [0.29, 0.717) is 6.54 Å². The van der Waals surface area contributed by atoms with Crippen LogP contribution < -0.4 is 10.1 Å². The van der Waals surface area contributed by atoms with Crippen molar-refractivity contribution in [3.8, 4) is 11.8 Å². The molecule has 1 heterocycles. The first-order valence-corrected chi connectivity index (χ1v) is 6.27. The average molecular weight is 319 g/mol. The van der Waals surface area contributed by atoms with Crippen LogP contribution in [0.1, 0.15) is 12.5 Å². The number of nitrogens with one attached hydrogen (secondary N) is 1. The first-order chi connectivity index (χ1) is 9.88. The van der Waals surface area contributed by atoms with Crippen LogP contribution in [-0.4, -0.2) is 21.5 Å². The molecule has 0 saturated carbocycles. The van der Waals surface area contributed by atoms with E-state index in [0.717, 1.165) is 12.1 Å². The van der Waals surface area contributed by atoms with Gasteiger partial charge in [-0.05, 0) is 42.8 Å². The first kappa shape index (κ1) is 15.3. The van der Waals surface area contributed by atoms with Crippen LogP contribution in [-0.2, 0) is 6.18 Å². The lowest BCUT2D eigenvalue weighted by molar-refractivity contribution is -0.137. The zero-order chi connectivity index (χ0) is 15.5. The Labute approximate surface area is 123 Å². The Hall–Kier alpha value is -2.09. The fourth-order valence-corrected chi connectivity index (χ4v) is 1.58. The predicted octanol–water partition coefficient (Wildman–Crippen LogP) is 3.77. The molecule has 0 saturated heterocycles. The van der Waals surface area contributed by atoms with Crippen LogP contribution in [0.2, 0.25) is 5.28 Å². The molecule has 0 aliphatic carbocycles. The van der Waals surface area contributed by atoms with Crippen molar-refractivity contribution in [1.82, 2.24) is 15.0 Å². The van der Waals surface area contributed by atoms with Gasteiger partial charge < -0.3 is 10.1 Å². The van der Waals surface area contributed by atoms with Crippen LogP contribution in [0, 0.1) is 0 Å². The van der Waals surface area contributed by atoms with Crippen molar-refractivity contribution >= 4 is 17.5 Å². The molecule has 1 aromatic heterocycles. The van der Waals surface area contributed by atoms with E-state index in [-0.39, 0.29) is 23.0 Å². The quantitative estimate of drug-likeness (QED) is 0.930.